The van der Waals surface area contributed by atoms with Gasteiger partial charge in [-0.05, 0) is 57.1 Å². The molecule has 0 spiro atoms. The van der Waals surface area contributed by atoms with E-state index in [1.807, 2.05) is 0 Å². The first-order valence-electron chi connectivity index (χ1n) is 6.93. The predicted molar refractivity (Wildman–Crippen MR) is 80.8 cm³/mol. The SMILES string of the molecule is CCN1CCC(NC(C)c2cccc(Br)c2)CC1. The molecule has 1 fully saturated rings. The van der Waals surface area contributed by atoms with E-state index in [9.17, 15) is 0 Å². The maximum atomic E-state index is 3.76. The van der Waals surface area contributed by atoms with E-state index in [1.54, 1.807) is 0 Å². The number of benzene rings is 1. The molecule has 0 amide bonds. The van der Waals surface area contributed by atoms with Crippen molar-refractivity contribution in [2.45, 2.75) is 38.8 Å². The monoisotopic (exact) mass is 310 g/mol. The largest absolute Gasteiger partial charge is 0.307 e. The normalized spacial score (nSPS) is 19.9. The molecule has 0 bridgehead atoms. The van der Waals surface area contributed by atoms with Gasteiger partial charge in [0.1, 0.15) is 0 Å². The fraction of sp³-hybridized carbons (Fsp3) is 0.600. The van der Waals surface area contributed by atoms with Crippen molar-refractivity contribution in [2.24, 2.45) is 0 Å². The molecule has 1 aromatic rings. The Morgan fingerprint density at radius 3 is 2.72 bits per heavy atom. The highest BCUT2D eigenvalue weighted by Crippen LogP contribution is 2.20. The standard InChI is InChI=1S/C15H23BrN2/c1-3-18-9-7-15(8-10-18)17-12(2)13-5-4-6-14(16)11-13/h4-6,11-12,15,17H,3,7-10H2,1-2H3. The van der Waals surface area contributed by atoms with Crippen LogP contribution >= 0.6 is 15.9 Å². The molecule has 1 heterocycles. The minimum Gasteiger partial charge on any atom is -0.307 e. The second kappa shape index (κ2) is 6.69. The van der Waals surface area contributed by atoms with E-state index in [0.29, 0.717) is 12.1 Å². The average molecular weight is 311 g/mol. The molecule has 18 heavy (non-hydrogen) atoms. The maximum Gasteiger partial charge on any atom is 0.0294 e. The van der Waals surface area contributed by atoms with Gasteiger partial charge >= 0.3 is 0 Å². The van der Waals surface area contributed by atoms with Crippen LogP contribution in [0.1, 0.15) is 38.3 Å². The van der Waals surface area contributed by atoms with Gasteiger partial charge in [0, 0.05) is 16.6 Å². The van der Waals surface area contributed by atoms with Crippen LogP contribution in [0.5, 0.6) is 0 Å². The van der Waals surface area contributed by atoms with Crippen molar-refractivity contribution in [1.29, 1.82) is 0 Å². The molecule has 100 valence electrons. The van der Waals surface area contributed by atoms with Crippen LogP contribution in [0.4, 0.5) is 0 Å². The lowest BCUT2D eigenvalue weighted by Crippen LogP contribution is -2.43. The summed E-state index contributed by atoms with van der Waals surface area (Å²) in [5, 5.41) is 3.76. The molecule has 1 aromatic carbocycles. The summed E-state index contributed by atoms with van der Waals surface area (Å²) in [5.41, 5.74) is 1.36. The Bertz CT molecular complexity index is 373. The van der Waals surface area contributed by atoms with E-state index < -0.39 is 0 Å². The average Bonchev–Trinajstić information content (AvgIpc) is 2.39. The van der Waals surface area contributed by atoms with Crippen LogP contribution in [0.25, 0.3) is 0 Å². The minimum atomic E-state index is 0.431. The third-order valence-electron chi connectivity index (χ3n) is 3.87. The van der Waals surface area contributed by atoms with Gasteiger partial charge in [-0.3, -0.25) is 0 Å². The van der Waals surface area contributed by atoms with Crippen LogP contribution in [-0.4, -0.2) is 30.6 Å². The Morgan fingerprint density at radius 1 is 1.39 bits per heavy atom. The summed E-state index contributed by atoms with van der Waals surface area (Å²) in [5.74, 6) is 0. The van der Waals surface area contributed by atoms with Gasteiger partial charge in [0.05, 0.1) is 0 Å². The number of halogens is 1. The Kier molecular flexibility index (Phi) is 5.22. The first kappa shape index (κ1) is 14.0. The summed E-state index contributed by atoms with van der Waals surface area (Å²) in [6.45, 7) is 8.17. The zero-order valence-corrected chi connectivity index (χ0v) is 12.9. The highest BCUT2D eigenvalue weighted by atomic mass is 79.9. The van der Waals surface area contributed by atoms with Crippen molar-refractivity contribution in [3.8, 4) is 0 Å². The third kappa shape index (κ3) is 3.81. The smallest absolute Gasteiger partial charge is 0.0294 e. The van der Waals surface area contributed by atoms with E-state index in [1.165, 1.54) is 38.0 Å². The van der Waals surface area contributed by atoms with Gasteiger partial charge < -0.3 is 10.2 Å². The molecular weight excluding hydrogens is 288 g/mol. The number of nitrogens with one attached hydrogen (secondary N) is 1. The van der Waals surface area contributed by atoms with Gasteiger partial charge in [0.2, 0.25) is 0 Å². The summed E-state index contributed by atoms with van der Waals surface area (Å²) in [6.07, 6.45) is 2.54. The lowest BCUT2D eigenvalue weighted by atomic mass is 10.0. The zero-order valence-electron chi connectivity index (χ0n) is 11.3. The molecule has 0 saturated carbocycles. The number of likely N-dealkylation sites (tertiary alicyclic amines) is 1. The predicted octanol–water partition coefficient (Wildman–Crippen LogP) is 3.58. The minimum absolute atomic E-state index is 0.431. The zero-order chi connectivity index (χ0) is 13.0. The van der Waals surface area contributed by atoms with Crippen molar-refractivity contribution in [2.75, 3.05) is 19.6 Å². The van der Waals surface area contributed by atoms with Crippen LogP contribution in [0.15, 0.2) is 28.7 Å². The molecule has 1 N–H and O–H groups in total. The van der Waals surface area contributed by atoms with Crippen LogP contribution < -0.4 is 5.32 Å². The Labute approximate surface area is 119 Å². The van der Waals surface area contributed by atoms with Gasteiger partial charge in [-0.1, -0.05) is 35.0 Å². The van der Waals surface area contributed by atoms with Gasteiger partial charge in [-0.15, -0.1) is 0 Å². The number of piperidine rings is 1. The van der Waals surface area contributed by atoms with Crippen molar-refractivity contribution >= 4 is 15.9 Å². The third-order valence-corrected chi connectivity index (χ3v) is 4.36. The van der Waals surface area contributed by atoms with Gasteiger partial charge in [-0.2, -0.15) is 0 Å². The molecule has 0 aromatic heterocycles. The molecule has 1 unspecified atom stereocenters. The molecule has 0 radical (unpaired) electrons. The van der Waals surface area contributed by atoms with Crippen molar-refractivity contribution < 1.29 is 0 Å². The van der Waals surface area contributed by atoms with Gasteiger partial charge in [0.15, 0.2) is 0 Å². The molecule has 2 rings (SSSR count). The second-order valence-corrected chi connectivity index (χ2v) is 6.07. The van der Waals surface area contributed by atoms with E-state index in [0.717, 1.165) is 4.47 Å². The highest BCUT2D eigenvalue weighted by Gasteiger charge is 2.19. The highest BCUT2D eigenvalue weighted by molar-refractivity contribution is 9.10. The molecular formula is C15H23BrN2. The molecule has 3 heteroatoms. The summed E-state index contributed by atoms with van der Waals surface area (Å²) < 4.78 is 1.16. The number of hydrogen-bond acceptors (Lipinski definition) is 2. The number of rotatable bonds is 4. The first-order chi connectivity index (χ1) is 8.69. The van der Waals surface area contributed by atoms with E-state index in [2.05, 4.69) is 64.3 Å². The summed E-state index contributed by atoms with van der Waals surface area (Å²) >= 11 is 3.54. The Balaban J connectivity index is 1.86. The fourth-order valence-electron chi connectivity index (χ4n) is 2.64. The van der Waals surface area contributed by atoms with Crippen molar-refractivity contribution in [1.82, 2.24) is 10.2 Å². The van der Waals surface area contributed by atoms with Crippen molar-refractivity contribution in [3.63, 3.8) is 0 Å². The van der Waals surface area contributed by atoms with Crippen LogP contribution in [0.3, 0.4) is 0 Å². The molecule has 2 nitrogen and oxygen atoms in total. The fourth-order valence-corrected chi connectivity index (χ4v) is 3.06. The van der Waals surface area contributed by atoms with Crippen LogP contribution in [0, 0.1) is 0 Å². The lowest BCUT2D eigenvalue weighted by molar-refractivity contribution is 0.200. The number of hydrogen-bond donors (Lipinski definition) is 1. The Hall–Kier alpha value is -0.380. The topological polar surface area (TPSA) is 15.3 Å². The van der Waals surface area contributed by atoms with E-state index in [-0.39, 0.29) is 0 Å². The van der Waals surface area contributed by atoms with E-state index >= 15 is 0 Å². The van der Waals surface area contributed by atoms with Gasteiger partial charge in [-0.25, -0.2) is 0 Å². The number of nitrogens with zero attached hydrogens (tertiary/aromatic N) is 1. The summed E-state index contributed by atoms with van der Waals surface area (Å²) in [6, 6.07) is 9.69. The molecule has 1 atom stereocenters. The van der Waals surface area contributed by atoms with Crippen LogP contribution in [-0.2, 0) is 0 Å². The first-order valence-corrected chi connectivity index (χ1v) is 7.72. The molecule has 0 aliphatic carbocycles. The van der Waals surface area contributed by atoms with Gasteiger partial charge in [0.25, 0.3) is 0 Å². The van der Waals surface area contributed by atoms with Crippen LogP contribution in [0.2, 0.25) is 0 Å². The van der Waals surface area contributed by atoms with E-state index in [4.69, 9.17) is 0 Å². The maximum absolute atomic E-state index is 3.76. The molecule has 1 aliphatic heterocycles. The molecule has 1 aliphatic rings. The summed E-state index contributed by atoms with van der Waals surface area (Å²) in [4.78, 5) is 2.53. The Morgan fingerprint density at radius 2 is 2.11 bits per heavy atom. The van der Waals surface area contributed by atoms with Crippen molar-refractivity contribution in [3.05, 3.63) is 34.3 Å². The molecule has 1 saturated heterocycles. The second-order valence-electron chi connectivity index (χ2n) is 5.15. The quantitative estimate of drug-likeness (QED) is 0.914. The summed E-state index contributed by atoms with van der Waals surface area (Å²) in [7, 11) is 0. The lowest BCUT2D eigenvalue weighted by Gasteiger charge is -2.33.